The van der Waals surface area contributed by atoms with E-state index in [9.17, 15) is 4.79 Å². The third-order valence-electron chi connectivity index (χ3n) is 4.95. The van der Waals surface area contributed by atoms with Gasteiger partial charge >= 0.3 is 5.97 Å². The monoisotopic (exact) mass is 388 g/mol. The van der Waals surface area contributed by atoms with Crippen molar-refractivity contribution in [2.24, 2.45) is 0 Å². The largest absolute Gasteiger partial charge is 0.493 e. The van der Waals surface area contributed by atoms with Crippen LogP contribution in [0, 0.1) is 6.92 Å². The summed E-state index contributed by atoms with van der Waals surface area (Å²) in [6, 6.07) is 4.02. The van der Waals surface area contributed by atoms with Crippen LogP contribution in [0.15, 0.2) is 24.3 Å². The topological polar surface area (TPSA) is 35.5 Å². The summed E-state index contributed by atoms with van der Waals surface area (Å²) in [5, 5.41) is 0. The Balaban J connectivity index is 2.23. The van der Waals surface area contributed by atoms with Gasteiger partial charge in [-0.05, 0) is 56.2 Å². The van der Waals surface area contributed by atoms with E-state index in [1.54, 1.807) is 7.11 Å². The highest BCUT2D eigenvalue weighted by Crippen LogP contribution is 2.34. The number of esters is 1. The molecule has 0 saturated heterocycles. The molecule has 0 spiro atoms. The first kappa shape index (κ1) is 24.3. The predicted octanol–water partition coefficient (Wildman–Crippen LogP) is 7.34. The van der Waals surface area contributed by atoms with E-state index in [0.29, 0.717) is 11.5 Å². The van der Waals surface area contributed by atoms with Crippen molar-refractivity contribution in [1.29, 1.82) is 0 Å². The van der Waals surface area contributed by atoms with Crippen molar-refractivity contribution >= 4 is 5.97 Å². The Bertz CT molecular complexity index is 590. The molecule has 0 aliphatic heterocycles. The molecule has 0 unspecified atom stereocenters. The molecule has 0 aliphatic carbocycles. The smallest absolute Gasteiger partial charge is 0.308 e. The molecule has 0 bridgehead atoms. The molecule has 3 nitrogen and oxygen atoms in total. The van der Waals surface area contributed by atoms with E-state index in [2.05, 4.69) is 25.1 Å². The van der Waals surface area contributed by atoms with E-state index in [0.717, 1.165) is 24.0 Å². The van der Waals surface area contributed by atoms with Crippen molar-refractivity contribution in [2.45, 2.75) is 97.8 Å². The molecule has 0 fully saturated rings. The SMILES string of the molecule is CCCC/C=C\CCCCCCCCCc1cc(C)cc(OC)c1OC(C)=O. The second kappa shape index (κ2) is 15.2. The number of allylic oxidation sites excluding steroid dienone is 2. The van der Waals surface area contributed by atoms with Gasteiger partial charge in [-0.25, -0.2) is 0 Å². The highest BCUT2D eigenvalue weighted by molar-refractivity contribution is 5.71. The maximum absolute atomic E-state index is 11.4. The Morgan fingerprint density at radius 2 is 1.54 bits per heavy atom. The van der Waals surface area contributed by atoms with Crippen LogP contribution in [-0.4, -0.2) is 13.1 Å². The molecule has 0 N–H and O–H groups in total. The number of benzene rings is 1. The summed E-state index contributed by atoms with van der Waals surface area (Å²) in [7, 11) is 1.62. The molecule has 0 amide bonds. The molecule has 0 atom stereocenters. The molecule has 3 heteroatoms. The van der Waals surface area contributed by atoms with Crippen molar-refractivity contribution in [1.82, 2.24) is 0 Å². The number of aryl methyl sites for hydroxylation is 2. The molecular weight excluding hydrogens is 348 g/mol. The lowest BCUT2D eigenvalue weighted by atomic mass is 10.0. The number of rotatable bonds is 15. The van der Waals surface area contributed by atoms with Gasteiger partial charge in [-0.15, -0.1) is 0 Å². The van der Waals surface area contributed by atoms with Crippen molar-refractivity contribution in [3.05, 3.63) is 35.4 Å². The summed E-state index contributed by atoms with van der Waals surface area (Å²) >= 11 is 0. The fraction of sp³-hybridized carbons (Fsp3) is 0.640. The van der Waals surface area contributed by atoms with Crippen LogP contribution in [0.2, 0.25) is 0 Å². The zero-order valence-electron chi connectivity index (χ0n) is 18.5. The average Bonchev–Trinajstić information content (AvgIpc) is 2.66. The zero-order chi connectivity index (χ0) is 20.6. The first-order chi connectivity index (χ1) is 13.6. The molecule has 1 rings (SSSR count). The van der Waals surface area contributed by atoms with Gasteiger partial charge in [0.2, 0.25) is 0 Å². The van der Waals surface area contributed by atoms with Gasteiger partial charge < -0.3 is 9.47 Å². The highest BCUT2D eigenvalue weighted by atomic mass is 16.6. The van der Waals surface area contributed by atoms with E-state index in [1.165, 1.54) is 71.1 Å². The Labute approximate surface area is 172 Å². The van der Waals surface area contributed by atoms with E-state index in [1.807, 2.05) is 13.0 Å². The van der Waals surface area contributed by atoms with Gasteiger partial charge in [0.1, 0.15) is 0 Å². The molecular formula is C25H40O3. The lowest BCUT2D eigenvalue weighted by Gasteiger charge is -2.14. The van der Waals surface area contributed by atoms with Crippen molar-refractivity contribution in [3.8, 4) is 11.5 Å². The molecule has 1 aromatic rings. The summed E-state index contributed by atoms with van der Waals surface area (Å²) < 4.78 is 10.8. The van der Waals surface area contributed by atoms with Crippen LogP contribution < -0.4 is 9.47 Å². The van der Waals surface area contributed by atoms with Crippen molar-refractivity contribution in [2.75, 3.05) is 7.11 Å². The molecule has 0 aliphatic rings. The van der Waals surface area contributed by atoms with E-state index < -0.39 is 0 Å². The van der Waals surface area contributed by atoms with Crippen LogP contribution in [0.4, 0.5) is 0 Å². The maximum Gasteiger partial charge on any atom is 0.308 e. The Morgan fingerprint density at radius 1 is 0.929 bits per heavy atom. The summed E-state index contributed by atoms with van der Waals surface area (Å²) in [6.45, 7) is 5.72. The lowest BCUT2D eigenvalue weighted by molar-refractivity contribution is -0.132. The number of hydrogen-bond acceptors (Lipinski definition) is 3. The number of unbranched alkanes of at least 4 members (excludes halogenated alkanes) is 9. The van der Waals surface area contributed by atoms with E-state index in [4.69, 9.17) is 9.47 Å². The fourth-order valence-corrected chi connectivity index (χ4v) is 3.43. The summed E-state index contributed by atoms with van der Waals surface area (Å²) in [5.41, 5.74) is 2.20. The average molecular weight is 389 g/mol. The minimum absolute atomic E-state index is 0.302. The maximum atomic E-state index is 11.4. The Kier molecular flexibility index (Phi) is 13.2. The van der Waals surface area contributed by atoms with Gasteiger partial charge in [-0.3, -0.25) is 4.79 Å². The number of carbonyl (C=O) groups excluding carboxylic acids is 1. The van der Waals surface area contributed by atoms with Crippen molar-refractivity contribution in [3.63, 3.8) is 0 Å². The Morgan fingerprint density at radius 3 is 2.14 bits per heavy atom. The van der Waals surface area contributed by atoms with Crippen LogP contribution in [0.5, 0.6) is 11.5 Å². The van der Waals surface area contributed by atoms with Gasteiger partial charge in [0, 0.05) is 6.92 Å². The van der Waals surface area contributed by atoms with Gasteiger partial charge in [0.05, 0.1) is 7.11 Å². The zero-order valence-corrected chi connectivity index (χ0v) is 18.5. The number of hydrogen-bond donors (Lipinski definition) is 0. The molecule has 1 aromatic carbocycles. The second-order valence-corrected chi connectivity index (χ2v) is 7.68. The van der Waals surface area contributed by atoms with E-state index in [-0.39, 0.29) is 5.97 Å². The second-order valence-electron chi connectivity index (χ2n) is 7.68. The standard InChI is InChI=1S/C25H40O3/c1-5-6-7-8-9-10-11-12-13-14-15-16-17-18-23-19-21(2)20-24(27-4)25(23)28-22(3)26/h8-9,19-20H,5-7,10-18H2,1-4H3/b9-8-. The minimum atomic E-state index is -0.302. The third-order valence-corrected chi connectivity index (χ3v) is 4.95. The van der Waals surface area contributed by atoms with Gasteiger partial charge in [-0.2, -0.15) is 0 Å². The van der Waals surface area contributed by atoms with Gasteiger partial charge in [0.25, 0.3) is 0 Å². The number of methoxy groups -OCH3 is 1. The molecule has 0 heterocycles. The van der Waals surface area contributed by atoms with Crippen LogP contribution in [0.25, 0.3) is 0 Å². The van der Waals surface area contributed by atoms with Crippen LogP contribution in [-0.2, 0) is 11.2 Å². The number of ether oxygens (including phenoxy) is 2. The van der Waals surface area contributed by atoms with Gasteiger partial charge in [-0.1, -0.05) is 70.1 Å². The molecule has 0 saturated carbocycles. The normalized spacial score (nSPS) is 11.1. The minimum Gasteiger partial charge on any atom is -0.493 e. The van der Waals surface area contributed by atoms with E-state index >= 15 is 0 Å². The quantitative estimate of drug-likeness (QED) is 0.136. The third kappa shape index (κ3) is 10.5. The summed E-state index contributed by atoms with van der Waals surface area (Å²) in [5.74, 6) is 0.935. The fourth-order valence-electron chi connectivity index (χ4n) is 3.43. The van der Waals surface area contributed by atoms with Gasteiger partial charge in [0.15, 0.2) is 11.5 Å². The highest BCUT2D eigenvalue weighted by Gasteiger charge is 2.14. The summed E-state index contributed by atoms with van der Waals surface area (Å²) in [6.07, 6.45) is 19.6. The molecule has 158 valence electrons. The van der Waals surface area contributed by atoms with Crippen molar-refractivity contribution < 1.29 is 14.3 Å². The first-order valence-electron chi connectivity index (χ1n) is 11.1. The van der Waals surface area contributed by atoms with Crippen LogP contribution in [0.3, 0.4) is 0 Å². The predicted molar refractivity (Wildman–Crippen MR) is 118 cm³/mol. The molecule has 0 radical (unpaired) electrons. The Hall–Kier alpha value is -1.77. The van der Waals surface area contributed by atoms with Crippen LogP contribution >= 0.6 is 0 Å². The number of carbonyl (C=O) groups is 1. The molecule has 0 aromatic heterocycles. The molecule has 28 heavy (non-hydrogen) atoms. The summed E-state index contributed by atoms with van der Waals surface area (Å²) in [4.78, 5) is 11.4. The lowest BCUT2D eigenvalue weighted by Crippen LogP contribution is -2.06. The first-order valence-corrected chi connectivity index (χ1v) is 11.1. The van der Waals surface area contributed by atoms with Crippen LogP contribution in [0.1, 0.15) is 95.6 Å².